The van der Waals surface area contributed by atoms with E-state index in [9.17, 15) is 18.8 Å². The fourth-order valence-corrected chi connectivity index (χ4v) is 4.83. The number of halogens is 2. The van der Waals surface area contributed by atoms with Crippen molar-refractivity contribution in [1.29, 1.82) is 0 Å². The van der Waals surface area contributed by atoms with E-state index in [4.69, 9.17) is 21.1 Å². The van der Waals surface area contributed by atoms with Crippen molar-refractivity contribution in [3.05, 3.63) is 61.8 Å². The molecule has 0 spiro atoms. The fraction of sp³-hybridized carbons (Fsp3) is 0.409. The molecule has 8 nitrogen and oxygen atoms in total. The third-order valence-electron chi connectivity index (χ3n) is 6.03. The summed E-state index contributed by atoms with van der Waals surface area (Å²) >= 11 is 5.80. The first-order chi connectivity index (χ1) is 15.3. The van der Waals surface area contributed by atoms with Crippen molar-refractivity contribution >= 4 is 23.4 Å². The lowest BCUT2D eigenvalue weighted by Crippen LogP contribution is -2.52. The highest BCUT2D eigenvalue weighted by molar-refractivity contribution is 6.30. The lowest BCUT2D eigenvalue weighted by molar-refractivity contribution is -0.0573. The third-order valence-corrected chi connectivity index (χ3v) is 6.32. The number of aromatic nitrogens is 1. The number of carbonyl (C=O) groups is 2. The molecule has 32 heavy (non-hydrogen) atoms. The molecule has 0 aliphatic carbocycles. The number of rotatable bonds is 6. The number of hydrogen-bond donors (Lipinski definition) is 1. The minimum Gasteiger partial charge on any atom is -0.491 e. The maximum atomic E-state index is 13.4. The van der Waals surface area contributed by atoms with E-state index in [0.717, 1.165) is 0 Å². The van der Waals surface area contributed by atoms with Gasteiger partial charge >= 0.3 is 0 Å². The Kier molecular flexibility index (Phi) is 5.96. The molecular weight excluding hydrogens is 441 g/mol. The lowest BCUT2D eigenvalue weighted by Gasteiger charge is -2.40. The van der Waals surface area contributed by atoms with Gasteiger partial charge in [-0.05, 0) is 37.5 Å². The zero-order valence-electron chi connectivity index (χ0n) is 17.9. The Labute approximate surface area is 188 Å². The molecule has 0 fully saturated rings. The maximum absolute atomic E-state index is 13.4. The molecule has 1 aromatic carbocycles. The molecule has 3 heterocycles. The van der Waals surface area contributed by atoms with Gasteiger partial charge in [0.2, 0.25) is 5.43 Å². The molecule has 1 aromatic heterocycles. The summed E-state index contributed by atoms with van der Waals surface area (Å²) < 4.78 is 26.1. The lowest BCUT2D eigenvalue weighted by atomic mass is 10.1. The average molecular weight is 464 g/mol. The summed E-state index contributed by atoms with van der Waals surface area (Å²) in [4.78, 5) is 41.1. The second-order valence-electron chi connectivity index (χ2n) is 7.66. The number of carbonyl (C=O) groups excluding carboxylic acids is 2. The van der Waals surface area contributed by atoms with Gasteiger partial charge in [-0.3, -0.25) is 14.4 Å². The summed E-state index contributed by atoms with van der Waals surface area (Å²) in [5.74, 6) is -1.69. The van der Waals surface area contributed by atoms with Crippen LogP contribution in [-0.4, -0.2) is 48.3 Å². The zero-order chi connectivity index (χ0) is 23.2. The molecule has 2 aliphatic heterocycles. The molecule has 2 aliphatic rings. The van der Waals surface area contributed by atoms with E-state index in [-0.39, 0.29) is 40.5 Å². The summed E-state index contributed by atoms with van der Waals surface area (Å²) in [5.41, 5.74) is 0.513. The Morgan fingerprint density at radius 3 is 2.69 bits per heavy atom. The molecule has 170 valence electrons. The van der Waals surface area contributed by atoms with Gasteiger partial charge in [-0.15, -0.1) is 0 Å². The van der Waals surface area contributed by atoms with Crippen molar-refractivity contribution in [3.8, 4) is 5.75 Å². The van der Waals surface area contributed by atoms with Crippen LogP contribution in [0.5, 0.6) is 5.75 Å². The number of ether oxygens (including phenoxy) is 2. The first kappa shape index (κ1) is 22.3. The molecule has 0 radical (unpaired) electrons. The van der Waals surface area contributed by atoms with Crippen molar-refractivity contribution in [3.63, 3.8) is 0 Å². The predicted octanol–water partition coefficient (Wildman–Crippen LogP) is 2.51. The molecule has 2 atom stereocenters. The van der Waals surface area contributed by atoms with Crippen molar-refractivity contribution in [1.82, 2.24) is 14.8 Å². The number of pyridine rings is 1. The minimum absolute atomic E-state index is 0.0500. The highest BCUT2D eigenvalue weighted by Crippen LogP contribution is 2.40. The molecule has 0 saturated carbocycles. The molecule has 10 heteroatoms. The van der Waals surface area contributed by atoms with Crippen LogP contribution in [0.25, 0.3) is 0 Å². The van der Waals surface area contributed by atoms with E-state index in [1.165, 1.54) is 32.4 Å². The number of nitrogens with one attached hydrogen (secondary N) is 1. The van der Waals surface area contributed by atoms with E-state index in [1.54, 1.807) is 9.47 Å². The van der Waals surface area contributed by atoms with E-state index in [2.05, 4.69) is 5.32 Å². The minimum atomic E-state index is -0.635. The van der Waals surface area contributed by atoms with Crippen LogP contribution in [0.3, 0.4) is 0 Å². The van der Waals surface area contributed by atoms with Gasteiger partial charge < -0.3 is 24.3 Å². The number of hydrogen-bond acceptors (Lipinski definition) is 5. The molecule has 1 N–H and O–H groups in total. The highest BCUT2D eigenvalue weighted by Gasteiger charge is 2.46. The Morgan fingerprint density at radius 2 is 2.06 bits per heavy atom. The van der Waals surface area contributed by atoms with Crippen molar-refractivity contribution in [2.24, 2.45) is 0 Å². The molecule has 2 amide bonds. The van der Waals surface area contributed by atoms with Crippen LogP contribution in [0.15, 0.2) is 23.0 Å². The standard InChI is InChI=1S/C22H23ClFN3O5/c1-4-26-21(30)17-19(31-2)18(28)16(14-7-8-15(27(14)17)22(26)32-3)20(29)25-10-11-5-6-13(24)12(23)9-11/h5-6,9,15,22H,4,7-8,10H2,1-3H3,(H,25,29)/t15-,22+/m0/s1. The van der Waals surface area contributed by atoms with Crippen LogP contribution < -0.4 is 15.5 Å². The number of methoxy groups -OCH3 is 2. The maximum Gasteiger partial charge on any atom is 0.276 e. The van der Waals surface area contributed by atoms with E-state index < -0.39 is 23.4 Å². The van der Waals surface area contributed by atoms with Crippen molar-refractivity contribution in [2.45, 2.75) is 38.6 Å². The quantitative estimate of drug-likeness (QED) is 0.711. The molecule has 0 unspecified atom stereocenters. The Balaban J connectivity index is 1.77. The number of nitrogens with zero attached hydrogens (tertiary/aromatic N) is 2. The topological polar surface area (TPSA) is 89.9 Å². The zero-order valence-corrected chi connectivity index (χ0v) is 18.7. The van der Waals surface area contributed by atoms with Gasteiger partial charge in [0, 0.05) is 25.9 Å². The first-order valence-corrected chi connectivity index (χ1v) is 10.6. The Bertz CT molecular complexity index is 1170. The van der Waals surface area contributed by atoms with Gasteiger partial charge in [0.25, 0.3) is 11.8 Å². The van der Waals surface area contributed by atoms with E-state index >= 15 is 0 Å². The van der Waals surface area contributed by atoms with Gasteiger partial charge in [0.15, 0.2) is 17.7 Å². The van der Waals surface area contributed by atoms with Gasteiger partial charge in [-0.2, -0.15) is 0 Å². The number of likely N-dealkylation sites (N-methyl/N-ethyl adjacent to an activating group) is 1. The molecule has 2 aromatic rings. The summed E-state index contributed by atoms with van der Waals surface area (Å²) in [6, 6.07) is 3.88. The van der Waals surface area contributed by atoms with Crippen LogP contribution >= 0.6 is 11.6 Å². The Morgan fingerprint density at radius 1 is 1.31 bits per heavy atom. The summed E-state index contributed by atoms with van der Waals surface area (Å²) in [7, 11) is 2.84. The van der Waals surface area contributed by atoms with Crippen LogP contribution in [0.4, 0.5) is 4.39 Å². The van der Waals surface area contributed by atoms with Crippen LogP contribution in [0.1, 0.15) is 51.5 Å². The van der Waals surface area contributed by atoms with E-state index in [0.29, 0.717) is 30.6 Å². The largest absolute Gasteiger partial charge is 0.491 e. The number of benzene rings is 1. The SMILES string of the molecule is CCN1C(=O)c2c(OC)c(=O)c(C(=O)NCc3ccc(F)c(Cl)c3)c3n2[C@@H](CC3)[C@H]1OC. The first-order valence-electron chi connectivity index (χ1n) is 10.2. The summed E-state index contributed by atoms with van der Waals surface area (Å²) in [6.07, 6.45) is 0.536. The van der Waals surface area contributed by atoms with Crippen LogP contribution in [0, 0.1) is 5.82 Å². The van der Waals surface area contributed by atoms with Gasteiger partial charge in [-0.1, -0.05) is 17.7 Å². The third kappa shape index (κ3) is 3.36. The van der Waals surface area contributed by atoms with Crippen molar-refractivity contribution < 1.29 is 23.5 Å². The van der Waals surface area contributed by atoms with Gasteiger partial charge in [-0.25, -0.2) is 4.39 Å². The fourth-order valence-electron chi connectivity index (χ4n) is 4.62. The second kappa shape index (κ2) is 8.55. The highest BCUT2D eigenvalue weighted by atomic mass is 35.5. The van der Waals surface area contributed by atoms with Crippen LogP contribution in [-0.2, 0) is 17.7 Å². The second-order valence-corrected chi connectivity index (χ2v) is 8.06. The summed E-state index contributed by atoms with van der Waals surface area (Å²) in [5, 5.41) is 2.64. The average Bonchev–Trinajstić information content (AvgIpc) is 3.20. The van der Waals surface area contributed by atoms with E-state index in [1.807, 2.05) is 6.92 Å². The number of amides is 2. The monoisotopic (exact) mass is 463 g/mol. The molecular formula is C22H23ClFN3O5. The van der Waals surface area contributed by atoms with Crippen molar-refractivity contribution in [2.75, 3.05) is 20.8 Å². The van der Waals surface area contributed by atoms with Gasteiger partial charge in [0.1, 0.15) is 11.4 Å². The predicted molar refractivity (Wildman–Crippen MR) is 115 cm³/mol. The normalized spacial score (nSPS) is 19.2. The Hall–Kier alpha value is -2.91. The molecule has 0 bridgehead atoms. The summed E-state index contributed by atoms with van der Waals surface area (Å²) in [6.45, 7) is 2.29. The van der Waals surface area contributed by atoms with Gasteiger partial charge in [0.05, 0.1) is 18.2 Å². The smallest absolute Gasteiger partial charge is 0.276 e. The van der Waals surface area contributed by atoms with Crippen LogP contribution in [0.2, 0.25) is 5.02 Å². The molecule has 4 rings (SSSR count). The molecule has 0 saturated heterocycles.